The first kappa shape index (κ1) is 14.7. The molecule has 1 amide bonds. The summed E-state index contributed by atoms with van der Waals surface area (Å²) in [5, 5.41) is 18.5. The predicted octanol–water partition coefficient (Wildman–Crippen LogP) is 0.867. The van der Waals surface area contributed by atoms with E-state index in [-0.39, 0.29) is 12.8 Å². The summed E-state index contributed by atoms with van der Waals surface area (Å²) >= 11 is 0. The van der Waals surface area contributed by atoms with Crippen LogP contribution in [0.4, 0.5) is 5.69 Å². The number of carbonyl (C=O) groups is 2. The summed E-state index contributed by atoms with van der Waals surface area (Å²) in [5.41, 5.74) is 6.88. The fraction of sp³-hybridized carbons (Fsp3) is 0.231. The third-order valence-corrected chi connectivity index (χ3v) is 2.77. The lowest BCUT2D eigenvalue weighted by atomic mass is 10.1. The normalized spacial score (nSPS) is 11.9. The Morgan fingerprint density at radius 3 is 2.62 bits per heavy atom. The van der Waals surface area contributed by atoms with Crippen LogP contribution in [0.3, 0.4) is 0 Å². The highest BCUT2D eigenvalue weighted by Crippen LogP contribution is 2.18. The van der Waals surface area contributed by atoms with E-state index in [1.807, 2.05) is 0 Å². The quantitative estimate of drug-likeness (QED) is 0.719. The number of benzene rings is 1. The Bertz CT molecular complexity index is 610. The average Bonchev–Trinajstić information content (AvgIpc) is 2.99. The van der Waals surface area contributed by atoms with Crippen molar-refractivity contribution in [2.24, 2.45) is 5.73 Å². The molecule has 0 aliphatic heterocycles. The van der Waals surface area contributed by atoms with E-state index < -0.39 is 17.9 Å². The first-order chi connectivity index (χ1) is 10.1. The van der Waals surface area contributed by atoms with Crippen molar-refractivity contribution in [2.75, 3.05) is 5.32 Å². The van der Waals surface area contributed by atoms with Crippen molar-refractivity contribution in [1.82, 2.24) is 10.2 Å². The number of rotatable bonds is 6. The van der Waals surface area contributed by atoms with Crippen LogP contribution in [-0.2, 0) is 9.59 Å². The van der Waals surface area contributed by atoms with E-state index in [4.69, 9.17) is 15.3 Å². The SMILES string of the molecule is NC(CCC(=O)O)C(=O)Nc1ccc(-c2nnco2)cc1. The lowest BCUT2D eigenvalue weighted by molar-refractivity contribution is -0.137. The number of amides is 1. The third-order valence-electron chi connectivity index (χ3n) is 2.77. The van der Waals surface area contributed by atoms with Gasteiger partial charge >= 0.3 is 5.97 Å². The number of nitrogens with one attached hydrogen (secondary N) is 1. The Morgan fingerprint density at radius 1 is 1.33 bits per heavy atom. The summed E-state index contributed by atoms with van der Waals surface area (Å²) < 4.78 is 5.05. The Labute approximate surface area is 120 Å². The smallest absolute Gasteiger partial charge is 0.303 e. The molecule has 8 nitrogen and oxygen atoms in total. The van der Waals surface area contributed by atoms with Crippen LogP contribution in [-0.4, -0.2) is 33.2 Å². The van der Waals surface area contributed by atoms with E-state index in [2.05, 4.69) is 15.5 Å². The molecule has 2 aromatic rings. The molecule has 1 aromatic heterocycles. The number of carbonyl (C=O) groups excluding carboxylic acids is 1. The van der Waals surface area contributed by atoms with Crippen molar-refractivity contribution in [3.05, 3.63) is 30.7 Å². The minimum Gasteiger partial charge on any atom is -0.481 e. The lowest BCUT2D eigenvalue weighted by Gasteiger charge is -2.11. The highest BCUT2D eigenvalue weighted by atomic mass is 16.4. The van der Waals surface area contributed by atoms with E-state index in [9.17, 15) is 9.59 Å². The van der Waals surface area contributed by atoms with Crippen LogP contribution in [0.1, 0.15) is 12.8 Å². The van der Waals surface area contributed by atoms with E-state index in [1.54, 1.807) is 24.3 Å². The van der Waals surface area contributed by atoms with E-state index in [1.165, 1.54) is 6.39 Å². The van der Waals surface area contributed by atoms with Gasteiger partial charge in [-0.1, -0.05) is 0 Å². The van der Waals surface area contributed by atoms with Crippen LogP contribution in [0, 0.1) is 0 Å². The second-order valence-electron chi connectivity index (χ2n) is 4.35. The number of hydrogen-bond donors (Lipinski definition) is 3. The zero-order valence-electron chi connectivity index (χ0n) is 11.0. The molecule has 0 saturated carbocycles. The highest BCUT2D eigenvalue weighted by molar-refractivity contribution is 5.95. The summed E-state index contributed by atoms with van der Waals surface area (Å²) in [6.07, 6.45) is 1.17. The second-order valence-corrected chi connectivity index (χ2v) is 4.35. The summed E-state index contributed by atoms with van der Waals surface area (Å²) in [5.74, 6) is -1.03. The number of nitrogens with zero attached hydrogens (tertiary/aromatic N) is 2. The van der Waals surface area contributed by atoms with Crippen LogP contribution in [0.25, 0.3) is 11.5 Å². The first-order valence-corrected chi connectivity index (χ1v) is 6.21. The van der Waals surface area contributed by atoms with Crippen LogP contribution >= 0.6 is 0 Å². The molecule has 2 rings (SSSR count). The Balaban J connectivity index is 1.94. The number of hydrogen-bond acceptors (Lipinski definition) is 6. The fourth-order valence-corrected chi connectivity index (χ4v) is 1.64. The van der Waals surface area contributed by atoms with E-state index >= 15 is 0 Å². The molecule has 1 heterocycles. The van der Waals surface area contributed by atoms with Crippen LogP contribution in [0.15, 0.2) is 35.1 Å². The zero-order chi connectivity index (χ0) is 15.2. The van der Waals surface area contributed by atoms with E-state index in [0.29, 0.717) is 11.6 Å². The molecule has 1 atom stereocenters. The van der Waals surface area contributed by atoms with Gasteiger partial charge in [0.05, 0.1) is 6.04 Å². The Hall–Kier alpha value is -2.74. The molecule has 0 aliphatic carbocycles. The Kier molecular flexibility index (Phi) is 4.62. The van der Waals surface area contributed by atoms with Gasteiger partial charge in [-0.2, -0.15) is 0 Å². The molecule has 1 aromatic carbocycles. The van der Waals surface area contributed by atoms with Gasteiger partial charge in [0.2, 0.25) is 18.2 Å². The van der Waals surface area contributed by atoms with Gasteiger partial charge in [0.1, 0.15) is 0 Å². The van der Waals surface area contributed by atoms with Gasteiger partial charge < -0.3 is 20.6 Å². The monoisotopic (exact) mass is 290 g/mol. The number of carboxylic acids is 1. The minimum atomic E-state index is -0.984. The standard InChI is InChI=1S/C13H14N4O4/c14-10(5-6-11(18)19)12(20)16-9-3-1-8(2-4-9)13-17-15-7-21-13/h1-4,7,10H,5-6,14H2,(H,16,20)(H,18,19). The molecule has 21 heavy (non-hydrogen) atoms. The summed E-state index contributed by atoms with van der Waals surface area (Å²) in [7, 11) is 0. The van der Waals surface area contributed by atoms with Crippen LogP contribution in [0.2, 0.25) is 0 Å². The molecular weight excluding hydrogens is 276 g/mol. The molecule has 0 bridgehead atoms. The number of aliphatic carboxylic acids is 1. The molecule has 4 N–H and O–H groups in total. The van der Waals surface area contributed by atoms with Crippen LogP contribution in [0.5, 0.6) is 0 Å². The first-order valence-electron chi connectivity index (χ1n) is 6.21. The predicted molar refractivity (Wildman–Crippen MR) is 73.2 cm³/mol. The van der Waals surface area contributed by atoms with Gasteiger partial charge in [0, 0.05) is 17.7 Å². The van der Waals surface area contributed by atoms with Crippen molar-refractivity contribution in [1.29, 1.82) is 0 Å². The number of carboxylic acid groups (broad SMARTS) is 1. The highest BCUT2D eigenvalue weighted by Gasteiger charge is 2.15. The molecular formula is C13H14N4O4. The fourth-order valence-electron chi connectivity index (χ4n) is 1.64. The van der Waals surface area contributed by atoms with Crippen molar-refractivity contribution < 1.29 is 19.1 Å². The van der Waals surface area contributed by atoms with Gasteiger partial charge in [0.15, 0.2) is 0 Å². The lowest BCUT2D eigenvalue weighted by Crippen LogP contribution is -2.36. The van der Waals surface area contributed by atoms with Crippen molar-refractivity contribution in [3.8, 4) is 11.5 Å². The number of aromatic nitrogens is 2. The molecule has 8 heteroatoms. The molecule has 0 fully saturated rings. The molecule has 0 aliphatic rings. The maximum Gasteiger partial charge on any atom is 0.303 e. The molecule has 110 valence electrons. The number of anilines is 1. The Morgan fingerprint density at radius 2 is 2.05 bits per heavy atom. The molecule has 0 saturated heterocycles. The van der Waals surface area contributed by atoms with Gasteiger partial charge in [-0.15, -0.1) is 10.2 Å². The summed E-state index contributed by atoms with van der Waals surface area (Å²) in [6, 6.07) is 5.90. The molecule has 0 radical (unpaired) electrons. The zero-order valence-corrected chi connectivity index (χ0v) is 11.0. The summed E-state index contributed by atoms with van der Waals surface area (Å²) in [4.78, 5) is 22.2. The van der Waals surface area contributed by atoms with Crippen LogP contribution < -0.4 is 11.1 Å². The van der Waals surface area contributed by atoms with E-state index in [0.717, 1.165) is 5.56 Å². The third kappa shape index (κ3) is 4.11. The summed E-state index contributed by atoms with van der Waals surface area (Å²) in [6.45, 7) is 0. The van der Waals surface area contributed by atoms with Gasteiger partial charge in [-0.3, -0.25) is 9.59 Å². The van der Waals surface area contributed by atoms with Gasteiger partial charge in [-0.05, 0) is 30.7 Å². The topological polar surface area (TPSA) is 131 Å². The molecule has 0 spiro atoms. The number of nitrogens with two attached hydrogens (primary N) is 1. The second kappa shape index (κ2) is 6.62. The van der Waals surface area contributed by atoms with Crippen molar-refractivity contribution in [2.45, 2.75) is 18.9 Å². The maximum absolute atomic E-state index is 11.8. The van der Waals surface area contributed by atoms with Crippen molar-refractivity contribution >= 4 is 17.6 Å². The molecule has 1 unspecified atom stereocenters. The largest absolute Gasteiger partial charge is 0.481 e. The van der Waals surface area contributed by atoms with Crippen molar-refractivity contribution in [3.63, 3.8) is 0 Å². The van der Waals surface area contributed by atoms with Gasteiger partial charge in [0.25, 0.3) is 0 Å². The minimum absolute atomic E-state index is 0.0846. The maximum atomic E-state index is 11.8. The average molecular weight is 290 g/mol. The van der Waals surface area contributed by atoms with Gasteiger partial charge in [-0.25, -0.2) is 0 Å².